The number of carbonyl (C=O) groups is 2. The Morgan fingerprint density at radius 1 is 1.17 bits per heavy atom. The van der Waals surface area contributed by atoms with E-state index >= 15 is 0 Å². The predicted octanol–water partition coefficient (Wildman–Crippen LogP) is 3.42. The van der Waals surface area contributed by atoms with E-state index in [9.17, 15) is 9.59 Å². The van der Waals surface area contributed by atoms with Gasteiger partial charge in [-0.05, 0) is 58.5 Å². The van der Waals surface area contributed by atoms with Crippen LogP contribution < -0.4 is 0 Å². The summed E-state index contributed by atoms with van der Waals surface area (Å²) in [6.45, 7) is 0. The van der Waals surface area contributed by atoms with E-state index in [1.165, 1.54) is 7.11 Å². The van der Waals surface area contributed by atoms with Crippen LogP contribution >= 0.6 is 22.6 Å². The van der Waals surface area contributed by atoms with E-state index < -0.39 is 11.9 Å². The molecule has 0 bridgehead atoms. The maximum absolute atomic E-state index is 12.0. The number of carbonyl (C=O) groups excluding carboxylic acids is 2. The number of methoxy groups -OCH3 is 1. The van der Waals surface area contributed by atoms with E-state index in [2.05, 4.69) is 32.3 Å². The first-order valence-electron chi connectivity index (χ1n) is 7.04. The van der Waals surface area contributed by atoms with E-state index in [1.54, 1.807) is 30.3 Å². The molecule has 0 fully saturated rings. The molecule has 0 spiro atoms. The first-order valence-corrected chi connectivity index (χ1v) is 8.12. The van der Waals surface area contributed by atoms with Crippen LogP contribution in [-0.4, -0.2) is 24.9 Å². The molecule has 3 rings (SSSR count). The minimum absolute atomic E-state index is 0.218. The molecule has 0 unspecified atom stereocenters. The van der Waals surface area contributed by atoms with Crippen LogP contribution in [0.15, 0.2) is 59.2 Å². The zero-order valence-electron chi connectivity index (χ0n) is 12.7. The third-order valence-electron chi connectivity index (χ3n) is 3.36. The van der Waals surface area contributed by atoms with E-state index in [0.29, 0.717) is 11.5 Å². The quantitative estimate of drug-likeness (QED) is 0.423. The molecule has 0 saturated heterocycles. The average Bonchev–Trinajstić information content (AvgIpc) is 2.95. The summed E-state index contributed by atoms with van der Waals surface area (Å²) in [7, 11) is 1.33. The molecule has 0 N–H and O–H groups in total. The van der Waals surface area contributed by atoms with Gasteiger partial charge in [0.1, 0.15) is 0 Å². The molecule has 2 aromatic carbocycles. The van der Waals surface area contributed by atoms with Crippen molar-refractivity contribution in [3.05, 3.63) is 74.5 Å². The summed E-state index contributed by atoms with van der Waals surface area (Å²) < 4.78 is 10.9. The van der Waals surface area contributed by atoms with Gasteiger partial charge >= 0.3 is 11.9 Å². The van der Waals surface area contributed by atoms with Crippen molar-refractivity contribution in [3.63, 3.8) is 0 Å². The van der Waals surface area contributed by atoms with Crippen molar-refractivity contribution < 1.29 is 19.1 Å². The summed E-state index contributed by atoms with van der Waals surface area (Å²) >= 11 is 2.17. The van der Waals surface area contributed by atoms with Gasteiger partial charge in [-0.3, -0.25) is 0 Å². The zero-order chi connectivity index (χ0) is 17.1. The Morgan fingerprint density at radius 3 is 2.54 bits per heavy atom. The van der Waals surface area contributed by atoms with Crippen LogP contribution in [0.25, 0.3) is 6.08 Å². The number of halogens is 1. The Hall–Kier alpha value is -2.48. The number of nitrogens with zero attached hydrogens (tertiary/aromatic N) is 1. The molecule has 1 aliphatic rings. The molecule has 0 saturated carbocycles. The van der Waals surface area contributed by atoms with Crippen molar-refractivity contribution in [2.24, 2.45) is 4.99 Å². The molecule has 0 aliphatic carbocycles. The highest BCUT2D eigenvalue weighted by atomic mass is 127. The second-order valence-electron chi connectivity index (χ2n) is 4.93. The smallest absolute Gasteiger partial charge is 0.363 e. The molecule has 0 atom stereocenters. The zero-order valence-corrected chi connectivity index (χ0v) is 14.8. The molecule has 6 heteroatoms. The van der Waals surface area contributed by atoms with Crippen molar-refractivity contribution in [3.8, 4) is 0 Å². The molecule has 5 nitrogen and oxygen atoms in total. The first kappa shape index (κ1) is 16.4. The fraction of sp³-hybridized carbons (Fsp3) is 0.0556. The number of hydrogen-bond acceptors (Lipinski definition) is 5. The van der Waals surface area contributed by atoms with Gasteiger partial charge in [0.25, 0.3) is 0 Å². The normalized spacial score (nSPS) is 15.2. The Kier molecular flexibility index (Phi) is 4.75. The van der Waals surface area contributed by atoms with Gasteiger partial charge < -0.3 is 9.47 Å². The second kappa shape index (κ2) is 6.96. The maximum Gasteiger partial charge on any atom is 0.363 e. The molecular formula is C18H12INO4. The summed E-state index contributed by atoms with van der Waals surface area (Å²) in [4.78, 5) is 27.7. The van der Waals surface area contributed by atoms with Gasteiger partial charge in [-0.1, -0.05) is 24.3 Å². The number of benzene rings is 2. The number of ether oxygens (including phenoxy) is 2. The maximum atomic E-state index is 12.0. The average molecular weight is 433 g/mol. The summed E-state index contributed by atoms with van der Waals surface area (Å²) in [5.41, 5.74) is 2.17. The van der Waals surface area contributed by atoms with Gasteiger partial charge in [0.15, 0.2) is 5.70 Å². The summed E-state index contributed by atoms with van der Waals surface area (Å²) in [5.74, 6) is -0.613. The standard InChI is InChI=1S/C18H12INO4/c1-23-17(21)12-8-6-11(7-9-12)10-15-18(22)24-16(20-15)13-4-2-3-5-14(13)19/h2-10H,1H3. The highest BCUT2D eigenvalue weighted by molar-refractivity contribution is 14.1. The third kappa shape index (κ3) is 3.38. The fourth-order valence-electron chi connectivity index (χ4n) is 2.15. The largest absolute Gasteiger partial charge is 0.465 e. The van der Waals surface area contributed by atoms with Gasteiger partial charge in [-0.15, -0.1) is 0 Å². The fourth-order valence-corrected chi connectivity index (χ4v) is 2.77. The van der Waals surface area contributed by atoms with E-state index in [1.807, 2.05) is 24.3 Å². The molecule has 2 aromatic rings. The molecule has 24 heavy (non-hydrogen) atoms. The molecule has 120 valence electrons. The van der Waals surface area contributed by atoms with Crippen molar-refractivity contribution in [2.45, 2.75) is 0 Å². The SMILES string of the molecule is COC(=O)c1ccc(C=C2N=C(c3ccccc3I)OC2=O)cc1. The highest BCUT2D eigenvalue weighted by Gasteiger charge is 2.25. The van der Waals surface area contributed by atoms with Crippen molar-refractivity contribution in [1.82, 2.24) is 0 Å². The predicted molar refractivity (Wildman–Crippen MR) is 97.5 cm³/mol. The first-order chi connectivity index (χ1) is 11.6. The second-order valence-corrected chi connectivity index (χ2v) is 6.09. The van der Waals surface area contributed by atoms with Crippen LogP contribution in [-0.2, 0) is 14.3 Å². The van der Waals surface area contributed by atoms with Gasteiger partial charge in [0, 0.05) is 3.57 Å². The molecule has 0 amide bonds. The number of cyclic esters (lactones) is 1. The Labute approximate surface area is 152 Å². The molecular weight excluding hydrogens is 421 g/mol. The molecule has 0 aromatic heterocycles. The monoisotopic (exact) mass is 433 g/mol. The lowest BCUT2D eigenvalue weighted by Gasteiger charge is -2.01. The summed E-state index contributed by atoms with van der Waals surface area (Å²) in [6.07, 6.45) is 1.62. The van der Waals surface area contributed by atoms with E-state index in [-0.39, 0.29) is 5.70 Å². The Bertz CT molecular complexity index is 869. The molecule has 1 heterocycles. The van der Waals surface area contributed by atoms with Crippen LogP contribution in [0.4, 0.5) is 0 Å². The molecule has 1 aliphatic heterocycles. The van der Waals surface area contributed by atoms with Crippen LogP contribution in [0, 0.1) is 3.57 Å². The van der Waals surface area contributed by atoms with Crippen molar-refractivity contribution >= 4 is 46.5 Å². The lowest BCUT2D eigenvalue weighted by molar-refractivity contribution is -0.129. The minimum atomic E-state index is -0.498. The van der Waals surface area contributed by atoms with Crippen LogP contribution in [0.1, 0.15) is 21.5 Å². The summed E-state index contributed by atoms with van der Waals surface area (Å²) in [6, 6.07) is 14.2. The van der Waals surface area contributed by atoms with Crippen molar-refractivity contribution in [2.75, 3.05) is 7.11 Å². The van der Waals surface area contributed by atoms with Crippen LogP contribution in [0.2, 0.25) is 0 Å². The van der Waals surface area contributed by atoms with Gasteiger partial charge in [0.2, 0.25) is 5.90 Å². The topological polar surface area (TPSA) is 65.0 Å². The van der Waals surface area contributed by atoms with Crippen LogP contribution in [0.5, 0.6) is 0 Å². The minimum Gasteiger partial charge on any atom is -0.465 e. The lowest BCUT2D eigenvalue weighted by atomic mass is 10.1. The summed E-state index contributed by atoms with van der Waals surface area (Å²) in [5, 5.41) is 0. The number of rotatable bonds is 3. The number of esters is 2. The van der Waals surface area contributed by atoms with Crippen molar-refractivity contribution in [1.29, 1.82) is 0 Å². The third-order valence-corrected chi connectivity index (χ3v) is 4.30. The van der Waals surface area contributed by atoms with Gasteiger partial charge in [-0.25, -0.2) is 14.6 Å². The van der Waals surface area contributed by atoms with Gasteiger partial charge in [-0.2, -0.15) is 0 Å². The van der Waals surface area contributed by atoms with E-state index in [4.69, 9.17) is 4.74 Å². The van der Waals surface area contributed by atoms with Gasteiger partial charge in [0.05, 0.1) is 18.2 Å². The Morgan fingerprint density at radius 2 is 1.88 bits per heavy atom. The van der Waals surface area contributed by atoms with E-state index in [0.717, 1.165) is 14.7 Å². The highest BCUT2D eigenvalue weighted by Crippen LogP contribution is 2.22. The number of aliphatic imine (C=N–C) groups is 1. The van der Waals surface area contributed by atoms with Crippen LogP contribution in [0.3, 0.4) is 0 Å². The Balaban J connectivity index is 1.89. The lowest BCUT2D eigenvalue weighted by Crippen LogP contribution is -2.06. The molecule has 0 radical (unpaired) electrons. The number of hydrogen-bond donors (Lipinski definition) is 0.